The molecular formula is C17H26N4O4. The number of hydrogen-bond acceptors (Lipinski definition) is 6. The van der Waals surface area contributed by atoms with Crippen LogP contribution in [0.2, 0.25) is 0 Å². The molecule has 8 nitrogen and oxygen atoms in total. The Morgan fingerprint density at radius 1 is 1.36 bits per heavy atom. The smallest absolute Gasteiger partial charge is 0.292 e. The van der Waals surface area contributed by atoms with Crippen molar-refractivity contribution in [2.45, 2.75) is 19.3 Å². The predicted molar refractivity (Wildman–Crippen MR) is 95.6 cm³/mol. The minimum Gasteiger partial charge on any atom is -0.384 e. The van der Waals surface area contributed by atoms with Gasteiger partial charge in [0.2, 0.25) is 5.91 Å². The second-order valence-electron chi connectivity index (χ2n) is 6.41. The number of carbonyl (C=O) groups excluding carboxylic acids is 1. The van der Waals surface area contributed by atoms with Crippen LogP contribution in [0, 0.1) is 15.5 Å². The molecule has 1 fully saturated rings. The van der Waals surface area contributed by atoms with Crippen molar-refractivity contribution >= 4 is 17.3 Å². The number of amides is 1. The van der Waals surface area contributed by atoms with Gasteiger partial charge in [0.05, 0.1) is 11.5 Å². The van der Waals surface area contributed by atoms with E-state index >= 15 is 0 Å². The van der Waals surface area contributed by atoms with Gasteiger partial charge in [-0.3, -0.25) is 14.9 Å². The van der Waals surface area contributed by atoms with Crippen LogP contribution >= 0.6 is 0 Å². The summed E-state index contributed by atoms with van der Waals surface area (Å²) in [6.45, 7) is 3.42. The Hall–Kier alpha value is -2.19. The molecule has 1 aliphatic rings. The molecule has 1 heterocycles. The van der Waals surface area contributed by atoms with Gasteiger partial charge in [0.25, 0.3) is 5.69 Å². The van der Waals surface area contributed by atoms with Crippen LogP contribution in [0.4, 0.5) is 11.4 Å². The van der Waals surface area contributed by atoms with Crippen LogP contribution in [-0.2, 0) is 9.53 Å². The number of rotatable bonds is 9. The Balaban J connectivity index is 1.78. The maximum absolute atomic E-state index is 12.1. The molecular weight excluding hydrogens is 324 g/mol. The normalized spacial score (nSPS) is 16.2. The van der Waals surface area contributed by atoms with Crippen molar-refractivity contribution in [2.75, 3.05) is 45.2 Å². The lowest BCUT2D eigenvalue weighted by molar-refractivity contribution is -0.384. The van der Waals surface area contributed by atoms with Crippen LogP contribution in [0.15, 0.2) is 24.3 Å². The van der Waals surface area contributed by atoms with Crippen molar-refractivity contribution < 1.29 is 14.5 Å². The number of nitrogens with zero attached hydrogens (tertiary/aromatic N) is 1. The third kappa shape index (κ3) is 5.68. The average Bonchev–Trinajstić information content (AvgIpc) is 2.61. The molecule has 1 aromatic carbocycles. The van der Waals surface area contributed by atoms with Gasteiger partial charge in [-0.15, -0.1) is 0 Å². The van der Waals surface area contributed by atoms with E-state index in [9.17, 15) is 14.9 Å². The van der Waals surface area contributed by atoms with E-state index in [0.29, 0.717) is 25.4 Å². The molecule has 0 aliphatic carbocycles. The summed E-state index contributed by atoms with van der Waals surface area (Å²) in [7, 11) is 1.68. The van der Waals surface area contributed by atoms with Crippen molar-refractivity contribution in [3.05, 3.63) is 34.4 Å². The largest absolute Gasteiger partial charge is 0.384 e. The monoisotopic (exact) mass is 350 g/mol. The van der Waals surface area contributed by atoms with Crippen LogP contribution in [0.25, 0.3) is 0 Å². The van der Waals surface area contributed by atoms with Crippen molar-refractivity contribution in [1.82, 2.24) is 10.6 Å². The second-order valence-corrected chi connectivity index (χ2v) is 6.41. The molecule has 8 heteroatoms. The summed E-state index contributed by atoms with van der Waals surface area (Å²) in [6.07, 6.45) is 2.19. The van der Waals surface area contributed by atoms with Crippen LogP contribution in [0.1, 0.15) is 19.3 Å². The fourth-order valence-electron chi connectivity index (χ4n) is 3.10. The highest BCUT2D eigenvalue weighted by Crippen LogP contribution is 2.28. The SMILES string of the molecule is COCC1(CNC(=O)CCNc2ccccc2[N+](=O)[O-])CCNCC1. The lowest BCUT2D eigenvalue weighted by Gasteiger charge is -2.37. The number of nitro benzene ring substituents is 1. The predicted octanol–water partition coefficient (Wildman–Crippen LogP) is 1.53. The highest BCUT2D eigenvalue weighted by molar-refractivity contribution is 5.76. The summed E-state index contributed by atoms with van der Waals surface area (Å²) in [6, 6.07) is 6.41. The van der Waals surface area contributed by atoms with Gasteiger partial charge in [-0.1, -0.05) is 12.1 Å². The van der Waals surface area contributed by atoms with Crippen LogP contribution in [-0.4, -0.2) is 50.7 Å². The van der Waals surface area contributed by atoms with E-state index in [1.807, 2.05) is 0 Å². The molecule has 2 rings (SSSR count). The van der Waals surface area contributed by atoms with Gasteiger partial charge < -0.3 is 20.7 Å². The summed E-state index contributed by atoms with van der Waals surface area (Å²) in [4.78, 5) is 22.6. The third-order valence-corrected chi connectivity index (χ3v) is 4.54. The highest BCUT2D eigenvalue weighted by atomic mass is 16.6. The Labute approximate surface area is 147 Å². The van der Waals surface area contributed by atoms with Gasteiger partial charge in [-0.2, -0.15) is 0 Å². The van der Waals surface area contributed by atoms with E-state index in [1.165, 1.54) is 6.07 Å². The molecule has 0 saturated carbocycles. The molecule has 0 aromatic heterocycles. The zero-order valence-electron chi connectivity index (χ0n) is 14.5. The number of benzene rings is 1. The van der Waals surface area contributed by atoms with E-state index in [0.717, 1.165) is 25.9 Å². The molecule has 0 atom stereocenters. The van der Waals surface area contributed by atoms with Gasteiger partial charge in [0, 0.05) is 38.1 Å². The molecule has 1 saturated heterocycles. The lowest BCUT2D eigenvalue weighted by atomic mass is 9.79. The minimum absolute atomic E-state index is 0.0108. The first kappa shape index (κ1) is 19.1. The number of hydrogen-bond donors (Lipinski definition) is 3. The fourth-order valence-corrected chi connectivity index (χ4v) is 3.10. The maximum atomic E-state index is 12.1. The highest BCUT2D eigenvalue weighted by Gasteiger charge is 2.32. The minimum atomic E-state index is -0.436. The van der Waals surface area contributed by atoms with E-state index in [2.05, 4.69) is 16.0 Å². The lowest BCUT2D eigenvalue weighted by Crippen LogP contribution is -2.47. The van der Waals surface area contributed by atoms with Gasteiger partial charge in [-0.25, -0.2) is 0 Å². The number of anilines is 1. The first-order valence-corrected chi connectivity index (χ1v) is 8.50. The van der Waals surface area contributed by atoms with Gasteiger partial charge in [0.1, 0.15) is 5.69 Å². The van der Waals surface area contributed by atoms with Crippen molar-refractivity contribution in [3.8, 4) is 0 Å². The van der Waals surface area contributed by atoms with E-state index in [-0.39, 0.29) is 23.4 Å². The first-order valence-electron chi connectivity index (χ1n) is 8.50. The molecule has 25 heavy (non-hydrogen) atoms. The fraction of sp³-hybridized carbons (Fsp3) is 0.588. The van der Waals surface area contributed by atoms with E-state index in [1.54, 1.807) is 25.3 Å². The molecule has 1 amide bonds. The molecule has 1 aliphatic heterocycles. The molecule has 138 valence electrons. The number of para-hydroxylation sites is 2. The zero-order chi connectivity index (χ0) is 18.1. The number of piperidine rings is 1. The zero-order valence-corrected chi connectivity index (χ0v) is 14.5. The second kappa shape index (κ2) is 9.33. The summed E-state index contributed by atoms with van der Waals surface area (Å²) < 4.78 is 5.34. The summed E-state index contributed by atoms with van der Waals surface area (Å²) in [5, 5.41) is 20.2. The summed E-state index contributed by atoms with van der Waals surface area (Å²) >= 11 is 0. The van der Waals surface area contributed by atoms with Crippen molar-refractivity contribution in [3.63, 3.8) is 0 Å². The van der Waals surface area contributed by atoms with Crippen molar-refractivity contribution in [2.24, 2.45) is 5.41 Å². The standard InChI is InChI=1S/C17H26N4O4/c1-25-13-17(7-10-18-11-8-17)12-20-16(22)6-9-19-14-4-2-3-5-15(14)21(23)24/h2-5,18-19H,6-13H2,1H3,(H,20,22). The quantitative estimate of drug-likeness (QED) is 0.461. The number of nitrogens with one attached hydrogen (secondary N) is 3. The number of nitro groups is 1. The van der Waals surface area contributed by atoms with Crippen LogP contribution < -0.4 is 16.0 Å². The summed E-state index contributed by atoms with van der Waals surface area (Å²) in [5.74, 6) is -0.0694. The van der Waals surface area contributed by atoms with Crippen molar-refractivity contribution in [1.29, 1.82) is 0 Å². The number of ether oxygens (including phenoxy) is 1. The van der Waals surface area contributed by atoms with Gasteiger partial charge in [-0.05, 0) is 32.0 Å². The molecule has 0 radical (unpaired) electrons. The molecule has 3 N–H and O–H groups in total. The topological polar surface area (TPSA) is 106 Å². The Bertz CT molecular complexity index is 582. The van der Waals surface area contributed by atoms with E-state index < -0.39 is 4.92 Å². The van der Waals surface area contributed by atoms with E-state index in [4.69, 9.17) is 4.74 Å². The first-order chi connectivity index (χ1) is 12.1. The van der Waals surface area contributed by atoms with Crippen LogP contribution in [0.5, 0.6) is 0 Å². The number of methoxy groups -OCH3 is 1. The molecule has 0 unspecified atom stereocenters. The molecule has 1 aromatic rings. The Morgan fingerprint density at radius 3 is 2.76 bits per heavy atom. The van der Waals surface area contributed by atoms with Gasteiger partial charge in [0.15, 0.2) is 0 Å². The summed E-state index contributed by atoms with van der Waals surface area (Å²) in [5.41, 5.74) is 0.424. The third-order valence-electron chi connectivity index (χ3n) is 4.54. The molecule has 0 spiro atoms. The molecule has 0 bridgehead atoms. The Kier molecular flexibility index (Phi) is 7.15. The number of carbonyl (C=O) groups is 1. The average molecular weight is 350 g/mol. The van der Waals surface area contributed by atoms with Gasteiger partial charge >= 0.3 is 0 Å². The van der Waals surface area contributed by atoms with Crippen LogP contribution in [0.3, 0.4) is 0 Å². The maximum Gasteiger partial charge on any atom is 0.292 e. The Morgan fingerprint density at radius 2 is 2.08 bits per heavy atom.